The molecule has 7 heteroatoms. The molecule has 0 saturated heterocycles. The van der Waals surface area contributed by atoms with E-state index in [0.717, 1.165) is 31.9 Å². The molecule has 6 nitrogen and oxygen atoms in total. The predicted molar refractivity (Wildman–Crippen MR) is 100 cm³/mol. The van der Waals surface area contributed by atoms with Gasteiger partial charge in [-0.2, -0.15) is 0 Å². The quantitative estimate of drug-likeness (QED) is 0.676. The number of ether oxygens (including phenoxy) is 4. The van der Waals surface area contributed by atoms with Crippen LogP contribution in [0, 0.1) is 3.57 Å². The molecule has 3 rings (SSSR count). The van der Waals surface area contributed by atoms with Gasteiger partial charge in [-0.1, -0.05) is 12.1 Å². The fourth-order valence-electron chi connectivity index (χ4n) is 2.37. The van der Waals surface area contributed by atoms with Crippen molar-refractivity contribution in [2.45, 2.75) is 13.0 Å². The molecule has 1 aliphatic rings. The number of nitrogens with one attached hydrogen (secondary N) is 1. The first kappa shape index (κ1) is 17.7. The fourth-order valence-corrected chi connectivity index (χ4v) is 3.08. The first-order valence-corrected chi connectivity index (χ1v) is 8.85. The van der Waals surface area contributed by atoms with Gasteiger partial charge in [-0.25, -0.2) is 4.79 Å². The van der Waals surface area contributed by atoms with E-state index in [4.69, 9.17) is 18.9 Å². The summed E-state index contributed by atoms with van der Waals surface area (Å²) in [5.41, 5.74) is 2.00. The molecule has 1 N–H and O–H groups in total. The molecule has 0 atom stereocenters. The maximum atomic E-state index is 11.8. The van der Waals surface area contributed by atoms with Gasteiger partial charge in [-0.3, -0.25) is 0 Å². The van der Waals surface area contributed by atoms with Crippen molar-refractivity contribution in [1.29, 1.82) is 0 Å². The van der Waals surface area contributed by atoms with Crippen LogP contribution in [0.15, 0.2) is 36.4 Å². The summed E-state index contributed by atoms with van der Waals surface area (Å²) in [6.07, 6.45) is 0.249. The SMILES string of the molecule is COc1ccc(COC(=O)NCCc2cc3c(cc2I)OCO3)cc1. The molecule has 0 radical (unpaired) electrons. The Bertz CT molecular complexity index is 748. The Kier molecular flexibility index (Phi) is 5.85. The molecule has 0 unspecified atom stereocenters. The van der Waals surface area contributed by atoms with E-state index in [1.165, 1.54) is 0 Å². The number of carbonyl (C=O) groups is 1. The molecule has 0 fully saturated rings. The minimum Gasteiger partial charge on any atom is -0.497 e. The van der Waals surface area contributed by atoms with Gasteiger partial charge >= 0.3 is 6.09 Å². The average Bonchev–Trinajstić information content (AvgIpc) is 3.07. The maximum Gasteiger partial charge on any atom is 0.407 e. The number of hydrogen-bond acceptors (Lipinski definition) is 5. The number of hydrogen-bond donors (Lipinski definition) is 1. The van der Waals surface area contributed by atoms with E-state index in [9.17, 15) is 4.79 Å². The zero-order valence-corrected chi connectivity index (χ0v) is 15.9. The van der Waals surface area contributed by atoms with E-state index in [-0.39, 0.29) is 13.4 Å². The maximum absolute atomic E-state index is 11.8. The standard InChI is InChI=1S/C18H18INO5/c1-22-14-4-2-12(3-5-14)10-23-18(21)20-7-6-13-8-16-17(9-15(13)19)25-11-24-16/h2-5,8-9H,6-7,10-11H2,1H3,(H,20,21). The molecule has 0 saturated carbocycles. The monoisotopic (exact) mass is 455 g/mol. The van der Waals surface area contributed by atoms with Crippen molar-refractivity contribution in [2.24, 2.45) is 0 Å². The van der Waals surface area contributed by atoms with Crippen LogP contribution in [0.25, 0.3) is 0 Å². The van der Waals surface area contributed by atoms with Crippen LogP contribution in [-0.2, 0) is 17.8 Å². The van der Waals surface area contributed by atoms with Crippen LogP contribution in [0.2, 0.25) is 0 Å². The number of rotatable bonds is 6. The highest BCUT2D eigenvalue weighted by Gasteiger charge is 2.16. The highest BCUT2D eigenvalue weighted by atomic mass is 127. The van der Waals surface area contributed by atoms with E-state index in [2.05, 4.69) is 27.9 Å². The summed E-state index contributed by atoms with van der Waals surface area (Å²) in [4.78, 5) is 11.8. The Balaban J connectivity index is 1.43. The molecule has 2 aromatic carbocycles. The van der Waals surface area contributed by atoms with Crippen molar-refractivity contribution in [3.05, 3.63) is 51.1 Å². The zero-order valence-electron chi connectivity index (χ0n) is 13.7. The highest BCUT2D eigenvalue weighted by molar-refractivity contribution is 14.1. The summed E-state index contributed by atoms with van der Waals surface area (Å²) in [5, 5.41) is 2.76. The Morgan fingerprint density at radius 2 is 1.92 bits per heavy atom. The van der Waals surface area contributed by atoms with Crippen molar-refractivity contribution in [3.63, 3.8) is 0 Å². The Morgan fingerprint density at radius 3 is 2.64 bits per heavy atom. The van der Waals surface area contributed by atoms with E-state index >= 15 is 0 Å². The van der Waals surface area contributed by atoms with Crippen molar-refractivity contribution in [1.82, 2.24) is 5.32 Å². The van der Waals surface area contributed by atoms with Crippen LogP contribution >= 0.6 is 22.6 Å². The molecular weight excluding hydrogens is 437 g/mol. The third-order valence-electron chi connectivity index (χ3n) is 3.73. The van der Waals surface area contributed by atoms with Gasteiger partial charge in [0.05, 0.1) is 7.11 Å². The summed E-state index contributed by atoms with van der Waals surface area (Å²) in [5.74, 6) is 2.28. The number of halogens is 1. The molecule has 0 spiro atoms. The van der Waals surface area contributed by atoms with Crippen molar-refractivity contribution in [3.8, 4) is 17.2 Å². The van der Waals surface area contributed by atoms with Crippen molar-refractivity contribution in [2.75, 3.05) is 20.4 Å². The van der Waals surface area contributed by atoms with Gasteiger partial charge in [0.2, 0.25) is 6.79 Å². The van der Waals surface area contributed by atoms with Crippen LogP contribution in [0.4, 0.5) is 4.79 Å². The largest absolute Gasteiger partial charge is 0.497 e. The number of benzene rings is 2. The van der Waals surface area contributed by atoms with Crippen molar-refractivity contribution >= 4 is 28.7 Å². The van der Waals surface area contributed by atoms with Gasteiger partial charge in [-0.05, 0) is 64.4 Å². The average molecular weight is 455 g/mol. The molecule has 2 aromatic rings. The summed E-state index contributed by atoms with van der Waals surface area (Å²) >= 11 is 2.25. The van der Waals surface area contributed by atoms with Gasteiger partial charge < -0.3 is 24.3 Å². The van der Waals surface area contributed by atoms with Gasteiger partial charge in [0.1, 0.15) is 12.4 Å². The minimum absolute atomic E-state index is 0.220. The molecular formula is C18H18INO5. The van der Waals surface area contributed by atoms with E-state index in [1.54, 1.807) is 7.11 Å². The van der Waals surface area contributed by atoms with Crippen LogP contribution < -0.4 is 19.5 Å². The zero-order chi connectivity index (χ0) is 17.6. The molecule has 0 bridgehead atoms. The molecule has 1 aliphatic heterocycles. The first-order chi connectivity index (χ1) is 12.2. The fraction of sp³-hybridized carbons (Fsp3) is 0.278. The molecule has 25 heavy (non-hydrogen) atoms. The lowest BCUT2D eigenvalue weighted by molar-refractivity contribution is 0.140. The number of alkyl carbamates (subject to hydrolysis) is 1. The summed E-state index contributed by atoms with van der Waals surface area (Å²) in [6, 6.07) is 11.3. The second-order valence-corrected chi connectivity index (χ2v) is 6.56. The van der Waals surface area contributed by atoms with Gasteiger partial charge in [0.15, 0.2) is 11.5 Å². The van der Waals surface area contributed by atoms with Gasteiger partial charge in [-0.15, -0.1) is 0 Å². The van der Waals surface area contributed by atoms with E-state index in [0.29, 0.717) is 13.0 Å². The summed E-state index contributed by atoms with van der Waals surface area (Å²) < 4.78 is 22.1. The van der Waals surface area contributed by atoms with Crippen LogP contribution in [0.3, 0.4) is 0 Å². The second-order valence-electron chi connectivity index (χ2n) is 5.40. The van der Waals surface area contributed by atoms with Gasteiger partial charge in [0, 0.05) is 10.1 Å². The van der Waals surface area contributed by atoms with Crippen molar-refractivity contribution < 1.29 is 23.7 Å². The molecule has 132 valence electrons. The lowest BCUT2D eigenvalue weighted by Crippen LogP contribution is -2.26. The lowest BCUT2D eigenvalue weighted by atomic mass is 10.1. The van der Waals surface area contributed by atoms with Crippen LogP contribution in [0.5, 0.6) is 17.2 Å². The minimum atomic E-state index is -0.438. The van der Waals surface area contributed by atoms with Gasteiger partial charge in [0.25, 0.3) is 0 Å². The predicted octanol–water partition coefficient (Wildman–Crippen LogP) is 3.50. The first-order valence-electron chi connectivity index (χ1n) is 7.77. The lowest BCUT2D eigenvalue weighted by Gasteiger charge is -2.09. The molecule has 1 amide bonds. The number of methoxy groups -OCH3 is 1. The Morgan fingerprint density at radius 1 is 1.20 bits per heavy atom. The smallest absolute Gasteiger partial charge is 0.407 e. The Labute approximate surface area is 159 Å². The molecule has 0 aromatic heterocycles. The van der Waals surface area contributed by atoms with E-state index in [1.807, 2.05) is 36.4 Å². The van der Waals surface area contributed by atoms with E-state index < -0.39 is 6.09 Å². The van der Waals surface area contributed by atoms with Crippen LogP contribution in [-0.4, -0.2) is 26.5 Å². The molecule has 0 aliphatic carbocycles. The topological polar surface area (TPSA) is 66.0 Å². The normalized spacial score (nSPS) is 11.9. The summed E-state index contributed by atoms with van der Waals surface area (Å²) in [6.45, 7) is 0.958. The highest BCUT2D eigenvalue weighted by Crippen LogP contribution is 2.35. The third kappa shape index (κ3) is 4.68. The third-order valence-corrected chi connectivity index (χ3v) is 4.74. The summed E-state index contributed by atoms with van der Waals surface area (Å²) in [7, 11) is 1.61. The number of carbonyl (C=O) groups excluding carboxylic acids is 1. The molecule has 1 heterocycles. The van der Waals surface area contributed by atoms with Crippen LogP contribution in [0.1, 0.15) is 11.1 Å². The Hall–Kier alpha value is -2.16. The second kappa shape index (κ2) is 8.28. The number of amides is 1. The number of fused-ring (bicyclic) bond motifs is 1.